The molecule has 0 aliphatic carbocycles. The third kappa shape index (κ3) is 3.47. The Balaban J connectivity index is 1.89. The summed E-state index contributed by atoms with van der Waals surface area (Å²) < 4.78 is 11.7. The van der Waals surface area contributed by atoms with Crippen LogP contribution in [-0.2, 0) is 4.74 Å². The number of hydrogen-bond acceptors (Lipinski definition) is 3. The van der Waals surface area contributed by atoms with Crippen molar-refractivity contribution in [2.75, 3.05) is 6.61 Å². The number of hydrogen-bond donors (Lipinski definition) is 1. The quantitative estimate of drug-likeness (QED) is 0.892. The van der Waals surface area contributed by atoms with Crippen LogP contribution < -0.4 is 10.5 Å². The highest BCUT2D eigenvalue weighted by Gasteiger charge is 2.31. The maximum absolute atomic E-state index is 5.90. The summed E-state index contributed by atoms with van der Waals surface area (Å²) in [5.41, 5.74) is 6.96. The Morgan fingerprint density at radius 1 is 1.50 bits per heavy atom. The summed E-state index contributed by atoms with van der Waals surface area (Å²) in [5, 5.41) is 0. The second kappa shape index (κ2) is 5.29. The minimum Gasteiger partial charge on any atom is -0.491 e. The minimum atomic E-state index is 0.00163. The standard InChI is InChI=1S/C15H23NO2/c1-11(16)12-5-4-6-13(9-12)17-10-14-7-8-15(2,3)18-14/h4-6,9,11,14H,7-8,10,16H2,1-3H3. The van der Waals surface area contributed by atoms with E-state index >= 15 is 0 Å². The van der Waals surface area contributed by atoms with Crippen LogP contribution in [-0.4, -0.2) is 18.3 Å². The lowest BCUT2D eigenvalue weighted by Crippen LogP contribution is -2.23. The van der Waals surface area contributed by atoms with Gasteiger partial charge in [-0.15, -0.1) is 0 Å². The van der Waals surface area contributed by atoms with E-state index in [9.17, 15) is 0 Å². The lowest BCUT2D eigenvalue weighted by molar-refractivity contribution is -0.0326. The molecule has 1 fully saturated rings. The van der Waals surface area contributed by atoms with Crippen LogP contribution in [0.1, 0.15) is 45.2 Å². The molecule has 0 spiro atoms. The third-order valence-electron chi connectivity index (χ3n) is 3.37. The van der Waals surface area contributed by atoms with E-state index in [1.807, 2.05) is 31.2 Å². The first kappa shape index (κ1) is 13.4. The molecule has 1 aromatic carbocycles. The summed E-state index contributed by atoms with van der Waals surface area (Å²) in [6, 6.07) is 8.01. The first-order chi connectivity index (χ1) is 8.46. The molecule has 0 radical (unpaired) electrons. The van der Waals surface area contributed by atoms with Gasteiger partial charge in [0.1, 0.15) is 12.4 Å². The van der Waals surface area contributed by atoms with Gasteiger partial charge in [-0.05, 0) is 51.3 Å². The molecule has 2 atom stereocenters. The van der Waals surface area contributed by atoms with Crippen molar-refractivity contribution in [2.24, 2.45) is 5.73 Å². The fourth-order valence-electron chi connectivity index (χ4n) is 2.27. The maximum atomic E-state index is 5.90. The molecule has 1 saturated heterocycles. The Labute approximate surface area is 109 Å². The molecular formula is C15H23NO2. The van der Waals surface area contributed by atoms with Crippen molar-refractivity contribution in [2.45, 2.75) is 51.4 Å². The van der Waals surface area contributed by atoms with Gasteiger partial charge in [-0.3, -0.25) is 0 Å². The summed E-state index contributed by atoms with van der Waals surface area (Å²) in [6.07, 6.45) is 2.37. The first-order valence-electron chi connectivity index (χ1n) is 6.62. The fourth-order valence-corrected chi connectivity index (χ4v) is 2.27. The molecule has 1 heterocycles. The monoisotopic (exact) mass is 249 g/mol. The van der Waals surface area contributed by atoms with Crippen LogP contribution in [0.4, 0.5) is 0 Å². The Kier molecular flexibility index (Phi) is 3.93. The molecule has 3 nitrogen and oxygen atoms in total. The van der Waals surface area contributed by atoms with Crippen LogP contribution in [0.25, 0.3) is 0 Å². The predicted octanol–water partition coefficient (Wildman–Crippen LogP) is 3.04. The average molecular weight is 249 g/mol. The fraction of sp³-hybridized carbons (Fsp3) is 0.600. The Hall–Kier alpha value is -1.06. The van der Waals surface area contributed by atoms with Crippen molar-refractivity contribution in [1.29, 1.82) is 0 Å². The Bertz CT molecular complexity index is 401. The zero-order valence-electron chi connectivity index (χ0n) is 11.5. The van der Waals surface area contributed by atoms with Gasteiger partial charge in [0.25, 0.3) is 0 Å². The van der Waals surface area contributed by atoms with E-state index in [-0.39, 0.29) is 17.7 Å². The number of benzene rings is 1. The summed E-state index contributed by atoms with van der Waals surface area (Å²) in [5.74, 6) is 0.873. The molecule has 1 aliphatic rings. The molecule has 0 amide bonds. The van der Waals surface area contributed by atoms with E-state index in [0.29, 0.717) is 6.61 Å². The van der Waals surface area contributed by atoms with Crippen molar-refractivity contribution in [3.8, 4) is 5.75 Å². The van der Waals surface area contributed by atoms with Crippen LogP contribution in [0.5, 0.6) is 5.75 Å². The molecule has 0 bridgehead atoms. The van der Waals surface area contributed by atoms with Crippen LogP contribution in [0, 0.1) is 0 Å². The molecule has 18 heavy (non-hydrogen) atoms. The van der Waals surface area contributed by atoms with Gasteiger partial charge < -0.3 is 15.2 Å². The highest BCUT2D eigenvalue weighted by molar-refractivity contribution is 5.30. The van der Waals surface area contributed by atoms with Gasteiger partial charge in [0.05, 0.1) is 11.7 Å². The molecule has 1 aromatic rings. The zero-order chi connectivity index (χ0) is 13.2. The van der Waals surface area contributed by atoms with E-state index in [2.05, 4.69) is 13.8 Å². The average Bonchev–Trinajstić information content (AvgIpc) is 2.67. The molecule has 2 unspecified atom stereocenters. The second-order valence-electron chi connectivity index (χ2n) is 5.71. The van der Waals surface area contributed by atoms with Gasteiger partial charge in [0.15, 0.2) is 0 Å². The van der Waals surface area contributed by atoms with Crippen LogP contribution >= 0.6 is 0 Å². The van der Waals surface area contributed by atoms with Crippen LogP contribution in [0.3, 0.4) is 0 Å². The van der Waals surface area contributed by atoms with Crippen molar-refractivity contribution in [1.82, 2.24) is 0 Å². The summed E-state index contributed by atoms with van der Waals surface area (Å²) in [7, 11) is 0. The van der Waals surface area contributed by atoms with Crippen molar-refractivity contribution in [3.05, 3.63) is 29.8 Å². The first-order valence-corrected chi connectivity index (χ1v) is 6.62. The zero-order valence-corrected chi connectivity index (χ0v) is 11.5. The van der Waals surface area contributed by atoms with Crippen molar-refractivity contribution in [3.63, 3.8) is 0 Å². The molecule has 2 rings (SSSR count). The summed E-state index contributed by atoms with van der Waals surface area (Å²) in [6.45, 7) is 6.85. The van der Waals surface area contributed by atoms with Gasteiger partial charge >= 0.3 is 0 Å². The minimum absolute atomic E-state index is 0.00163. The highest BCUT2D eigenvalue weighted by Crippen LogP contribution is 2.29. The van der Waals surface area contributed by atoms with Gasteiger partial charge in [0.2, 0.25) is 0 Å². The largest absolute Gasteiger partial charge is 0.491 e. The molecule has 0 aromatic heterocycles. The predicted molar refractivity (Wildman–Crippen MR) is 72.7 cm³/mol. The third-order valence-corrected chi connectivity index (χ3v) is 3.37. The maximum Gasteiger partial charge on any atom is 0.119 e. The van der Waals surface area contributed by atoms with Crippen molar-refractivity contribution < 1.29 is 9.47 Å². The molecular weight excluding hydrogens is 226 g/mol. The van der Waals surface area contributed by atoms with E-state index in [1.54, 1.807) is 0 Å². The molecule has 100 valence electrons. The van der Waals surface area contributed by atoms with Gasteiger partial charge in [-0.1, -0.05) is 12.1 Å². The highest BCUT2D eigenvalue weighted by atomic mass is 16.6. The number of rotatable bonds is 4. The van der Waals surface area contributed by atoms with E-state index < -0.39 is 0 Å². The molecule has 2 N–H and O–H groups in total. The summed E-state index contributed by atoms with van der Waals surface area (Å²) in [4.78, 5) is 0. The summed E-state index contributed by atoms with van der Waals surface area (Å²) >= 11 is 0. The van der Waals surface area contributed by atoms with Crippen LogP contribution in [0.2, 0.25) is 0 Å². The van der Waals surface area contributed by atoms with Gasteiger partial charge in [-0.2, -0.15) is 0 Å². The second-order valence-corrected chi connectivity index (χ2v) is 5.71. The molecule has 0 saturated carbocycles. The molecule has 3 heteroatoms. The van der Waals surface area contributed by atoms with E-state index in [0.717, 1.165) is 24.2 Å². The SMILES string of the molecule is CC(N)c1cccc(OCC2CCC(C)(C)O2)c1. The number of ether oxygens (including phenoxy) is 2. The lowest BCUT2D eigenvalue weighted by atomic mass is 10.1. The van der Waals surface area contributed by atoms with E-state index in [1.165, 1.54) is 0 Å². The molecule has 1 aliphatic heterocycles. The van der Waals surface area contributed by atoms with Crippen molar-refractivity contribution >= 4 is 0 Å². The van der Waals surface area contributed by atoms with Crippen LogP contribution in [0.15, 0.2) is 24.3 Å². The van der Waals surface area contributed by atoms with Gasteiger partial charge in [-0.25, -0.2) is 0 Å². The Morgan fingerprint density at radius 2 is 2.28 bits per heavy atom. The lowest BCUT2D eigenvalue weighted by Gasteiger charge is -2.19. The topological polar surface area (TPSA) is 44.5 Å². The van der Waals surface area contributed by atoms with Gasteiger partial charge in [0, 0.05) is 6.04 Å². The Morgan fingerprint density at radius 3 is 2.89 bits per heavy atom. The van der Waals surface area contributed by atoms with E-state index in [4.69, 9.17) is 15.2 Å². The normalized spacial score (nSPS) is 23.9. The number of nitrogens with two attached hydrogens (primary N) is 1. The smallest absolute Gasteiger partial charge is 0.119 e.